The number of carbonyl (C=O) groups is 2. The van der Waals surface area contributed by atoms with Crippen molar-refractivity contribution in [1.82, 2.24) is 16.1 Å². The summed E-state index contributed by atoms with van der Waals surface area (Å²) >= 11 is 3.36. The van der Waals surface area contributed by atoms with Gasteiger partial charge in [-0.05, 0) is 46.6 Å². The zero-order chi connectivity index (χ0) is 16.1. The number of carbonyl (C=O) groups excluding carboxylic acids is 2. The Hall–Kier alpha value is -2.22. The minimum atomic E-state index is -0.472. The van der Waals surface area contributed by atoms with Crippen LogP contribution in [-0.2, 0) is 0 Å². The fourth-order valence-electron chi connectivity index (χ4n) is 1.84. The van der Waals surface area contributed by atoms with Crippen molar-refractivity contribution < 1.29 is 9.59 Å². The molecule has 0 saturated carbocycles. The quantitative estimate of drug-likeness (QED) is 0.574. The van der Waals surface area contributed by atoms with Gasteiger partial charge < -0.3 is 0 Å². The van der Waals surface area contributed by atoms with Crippen molar-refractivity contribution in [3.05, 3.63) is 69.7 Å². The molecule has 114 valence electrons. The van der Waals surface area contributed by atoms with Gasteiger partial charge in [-0.15, -0.1) is 5.53 Å². The molecular formula is C15H15BrN4O2. The SMILES string of the molecule is Cc1cccc(C(=O)NN(NN)C(=O)c2ccccc2)c1Br. The Morgan fingerprint density at radius 2 is 1.77 bits per heavy atom. The van der Waals surface area contributed by atoms with Crippen molar-refractivity contribution >= 4 is 27.7 Å². The Balaban J connectivity index is 2.18. The van der Waals surface area contributed by atoms with Crippen LogP contribution < -0.4 is 16.8 Å². The van der Waals surface area contributed by atoms with Gasteiger partial charge in [-0.3, -0.25) is 15.4 Å². The highest BCUT2D eigenvalue weighted by Crippen LogP contribution is 2.20. The average molecular weight is 363 g/mol. The molecule has 0 saturated heterocycles. The molecule has 0 atom stereocenters. The fourth-order valence-corrected chi connectivity index (χ4v) is 2.28. The van der Waals surface area contributed by atoms with E-state index in [1.165, 1.54) is 0 Å². The Morgan fingerprint density at radius 3 is 2.41 bits per heavy atom. The van der Waals surface area contributed by atoms with E-state index in [0.717, 1.165) is 10.7 Å². The molecule has 0 bridgehead atoms. The lowest BCUT2D eigenvalue weighted by molar-refractivity contribution is 0.0455. The van der Waals surface area contributed by atoms with Crippen LogP contribution in [0.5, 0.6) is 0 Å². The number of nitrogens with two attached hydrogens (primary N) is 1. The van der Waals surface area contributed by atoms with Gasteiger partial charge in [0, 0.05) is 10.0 Å². The van der Waals surface area contributed by atoms with E-state index in [9.17, 15) is 9.59 Å². The lowest BCUT2D eigenvalue weighted by Gasteiger charge is -2.21. The minimum Gasteiger partial charge on any atom is -0.267 e. The molecule has 7 heteroatoms. The molecule has 0 aliphatic heterocycles. The summed E-state index contributed by atoms with van der Waals surface area (Å²) in [4.78, 5) is 24.5. The first-order chi connectivity index (χ1) is 10.5. The van der Waals surface area contributed by atoms with Crippen LogP contribution in [0.4, 0.5) is 0 Å². The van der Waals surface area contributed by atoms with Gasteiger partial charge in [0.1, 0.15) is 0 Å². The molecule has 2 amide bonds. The summed E-state index contributed by atoms with van der Waals surface area (Å²) in [6.07, 6.45) is 0. The molecule has 6 nitrogen and oxygen atoms in total. The van der Waals surface area contributed by atoms with Crippen LogP contribution in [-0.4, -0.2) is 16.9 Å². The maximum absolute atomic E-state index is 12.3. The molecule has 2 rings (SSSR count). The molecule has 0 unspecified atom stereocenters. The minimum absolute atomic E-state index is 0.393. The van der Waals surface area contributed by atoms with Gasteiger partial charge in [0.25, 0.3) is 11.8 Å². The molecule has 0 radical (unpaired) electrons. The lowest BCUT2D eigenvalue weighted by atomic mass is 10.1. The second-order valence-electron chi connectivity index (χ2n) is 4.51. The summed E-state index contributed by atoms with van der Waals surface area (Å²) < 4.78 is 0.664. The van der Waals surface area contributed by atoms with E-state index in [0.29, 0.717) is 15.6 Å². The van der Waals surface area contributed by atoms with Gasteiger partial charge in [-0.1, -0.05) is 30.3 Å². The highest BCUT2D eigenvalue weighted by molar-refractivity contribution is 9.10. The smallest absolute Gasteiger partial charge is 0.267 e. The van der Waals surface area contributed by atoms with Crippen LogP contribution in [0.1, 0.15) is 26.3 Å². The second kappa shape index (κ2) is 7.17. The monoisotopic (exact) mass is 362 g/mol. The van der Waals surface area contributed by atoms with Gasteiger partial charge in [0.15, 0.2) is 0 Å². The van der Waals surface area contributed by atoms with Crippen LogP contribution in [0.3, 0.4) is 0 Å². The van der Waals surface area contributed by atoms with Crippen molar-refractivity contribution in [2.45, 2.75) is 6.92 Å². The van der Waals surface area contributed by atoms with E-state index < -0.39 is 11.8 Å². The molecule has 4 N–H and O–H groups in total. The maximum Gasteiger partial charge on any atom is 0.288 e. The van der Waals surface area contributed by atoms with Crippen molar-refractivity contribution in [1.29, 1.82) is 0 Å². The summed E-state index contributed by atoms with van der Waals surface area (Å²) in [6, 6.07) is 13.8. The van der Waals surface area contributed by atoms with Gasteiger partial charge in [-0.25, -0.2) is 5.43 Å². The number of hydrogen-bond acceptors (Lipinski definition) is 4. The molecule has 0 fully saturated rings. The third-order valence-corrected chi connectivity index (χ3v) is 4.06. The van der Waals surface area contributed by atoms with E-state index in [2.05, 4.69) is 26.9 Å². The third kappa shape index (κ3) is 3.51. The number of nitrogens with zero attached hydrogens (tertiary/aromatic N) is 1. The number of halogens is 1. The number of benzene rings is 2. The van der Waals surface area contributed by atoms with Crippen LogP contribution in [0.15, 0.2) is 53.0 Å². The van der Waals surface area contributed by atoms with Gasteiger partial charge >= 0.3 is 0 Å². The molecule has 2 aromatic rings. The van der Waals surface area contributed by atoms with Gasteiger partial charge in [-0.2, -0.15) is 5.12 Å². The maximum atomic E-state index is 12.3. The standard InChI is InChI=1S/C15H15BrN4O2/c1-10-6-5-9-12(13(10)16)14(21)18-20(19-17)15(22)11-7-3-2-4-8-11/h2-9,19H,17H2,1H3,(H,18,21). The second-order valence-corrected chi connectivity index (χ2v) is 5.31. The van der Waals surface area contributed by atoms with Gasteiger partial charge in [0.05, 0.1) is 5.56 Å². The number of nitrogens with one attached hydrogen (secondary N) is 2. The van der Waals surface area contributed by atoms with E-state index in [4.69, 9.17) is 5.84 Å². The lowest BCUT2D eigenvalue weighted by Crippen LogP contribution is -2.56. The number of hydrazine groups is 3. The van der Waals surface area contributed by atoms with E-state index >= 15 is 0 Å². The summed E-state index contributed by atoms with van der Waals surface area (Å²) in [7, 11) is 0. The molecule has 0 heterocycles. The number of hydrogen-bond donors (Lipinski definition) is 3. The highest BCUT2D eigenvalue weighted by Gasteiger charge is 2.19. The zero-order valence-electron chi connectivity index (χ0n) is 11.8. The van der Waals surface area contributed by atoms with E-state index in [-0.39, 0.29) is 0 Å². The van der Waals surface area contributed by atoms with Crippen LogP contribution in [0.2, 0.25) is 0 Å². The van der Waals surface area contributed by atoms with Crippen LogP contribution >= 0.6 is 15.9 Å². The Bertz CT molecular complexity index is 691. The first-order valence-corrected chi connectivity index (χ1v) is 7.25. The first-order valence-electron chi connectivity index (χ1n) is 6.46. The third-order valence-electron chi connectivity index (χ3n) is 3.00. The summed E-state index contributed by atoms with van der Waals surface area (Å²) in [5.41, 5.74) is 6.31. The van der Waals surface area contributed by atoms with E-state index in [1.54, 1.807) is 42.5 Å². The summed E-state index contributed by atoms with van der Waals surface area (Å²) in [6.45, 7) is 1.87. The molecular weight excluding hydrogens is 348 g/mol. The largest absolute Gasteiger partial charge is 0.288 e. The average Bonchev–Trinajstić information content (AvgIpc) is 2.55. The Kier molecular flexibility index (Phi) is 5.26. The van der Waals surface area contributed by atoms with E-state index in [1.807, 2.05) is 13.0 Å². The topological polar surface area (TPSA) is 87.5 Å². The van der Waals surface area contributed by atoms with Crippen LogP contribution in [0, 0.1) is 6.92 Å². The predicted octanol–water partition coefficient (Wildman–Crippen LogP) is 1.92. The van der Waals surface area contributed by atoms with Crippen molar-refractivity contribution in [2.24, 2.45) is 5.84 Å². The molecule has 0 aliphatic carbocycles. The first kappa shape index (κ1) is 16.2. The predicted molar refractivity (Wildman–Crippen MR) is 86.3 cm³/mol. The summed E-state index contributed by atoms with van der Waals surface area (Å²) in [5, 5.41) is 0.840. The highest BCUT2D eigenvalue weighted by atomic mass is 79.9. The fraction of sp³-hybridized carbons (Fsp3) is 0.0667. The zero-order valence-corrected chi connectivity index (χ0v) is 13.4. The molecule has 2 aromatic carbocycles. The molecule has 22 heavy (non-hydrogen) atoms. The van der Waals surface area contributed by atoms with Crippen molar-refractivity contribution in [3.8, 4) is 0 Å². The Labute approximate surface area is 136 Å². The normalized spacial score (nSPS) is 10.1. The molecule has 0 aliphatic rings. The van der Waals surface area contributed by atoms with Crippen molar-refractivity contribution in [2.75, 3.05) is 0 Å². The van der Waals surface area contributed by atoms with Crippen LogP contribution in [0.25, 0.3) is 0 Å². The summed E-state index contributed by atoms with van der Waals surface area (Å²) in [5.74, 6) is 4.40. The van der Waals surface area contributed by atoms with Crippen molar-refractivity contribution in [3.63, 3.8) is 0 Å². The number of rotatable bonds is 3. The molecule has 0 spiro atoms. The molecule has 0 aromatic heterocycles. The van der Waals surface area contributed by atoms with Gasteiger partial charge in [0.2, 0.25) is 0 Å². The number of amides is 2. The Morgan fingerprint density at radius 1 is 1.09 bits per heavy atom. The number of aryl methyl sites for hydroxylation is 1.